The minimum Gasteiger partial charge on any atom is -0.291 e. The molecule has 1 fully saturated rings. The molecule has 0 aromatic rings. The highest BCUT2D eigenvalue weighted by atomic mass is 16.2. The molecule has 3 nitrogen and oxygen atoms in total. The SMILES string of the molecule is O=C1CC2C=CC=CC2NN1. The third-order valence-corrected chi connectivity index (χ3v) is 2.05. The lowest BCUT2D eigenvalue weighted by Crippen LogP contribution is -2.52. The zero-order chi connectivity index (χ0) is 7.68. The summed E-state index contributed by atoms with van der Waals surface area (Å²) in [5.74, 6) is 0.417. The van der Waals surface area contributed by atoms with E-state index in [1.165, 1.54) is 0 Å². The summed E-state index contributed by atoms with van der Waals surface area (Å²) >= 11 is 0. The van der Waals surface area contributed by atoms with E-state index in [0.29, 0.717) is 12.3 Å². The zero-order valence-corrected chi connectivity index (χ0v) is 6.08. The monoisotopic (exact) mass is 150 g/mol. The quantitative estimate of drug-likeness (QED) is 0.515. The second-order valence-corrected chi connectivity index (χ2v) is 2.86. The second-order valence-electron chi connectivity index (χ2n) is 2.86. The van der Waals surface area contributed by atoms with Gasteiger partial charge in [-0.3, -0.25) is 10.2 Å². The molecule has 0 aromatic heterocycles. The fourth-order valence-corrected chi connectivity index (χ4v) is 1.43. The van der Waals surface area contributed by atoms with E-state index in [1.54, 1.807) is 0 Å². The summed E-state index contributed by atoms with van der Waals surface area (Å²) in [6.07, 6.45) is 8.70. The van der Waals surface area contributed by atoms with Crippen LogP contribution in [-0.4, -0.2) is 11.9 Å². The second kappa shape index (κ2) is 2.51. The molecular formula is C8H10N2O. The predicted molar refractivity (Wildman–Crippen MR) is 41.5 cm³/mol. The van der Waals surface area contributed by atoms with Gasteiger partial charge in [0, 0.05) is 12.3 Å². The molecule has 0 bridgehead atoms. The Morgan fingerprint density at radius 2 is 2.18 bits per heavy atom. The van der Waals surface area contributed by atoms with Crippen LogP contribution >= 0.6 is 0 Å². The van der Waals surface area contributed by atoms with Crippen molar-refractivity contribution in [3.05, 3.63) is 24.3 Å². The van der Waals surface area contributed by atoms with Gasteiger partial charge in [-0.15, -0.1) is 0 Å². The molecule has 3 heteroatoms. The van der Waals surface area contributed by atoms with E-state index in [-0.39, 0.29) is 11.9 Å². The first-order valence-corrected chi connectivity index (χ1v) is 3.75. The average Bonchev–Trinajstić information content (AvgIpc) is 2.04. The van der Waals surface area contributed by atoms with Crippen molar-refractivity contribution in [1.82, 2.24) is 10.9 Å². The number of rotatable bonds is 0. The Labute approximate surface area is 65.1 Å². The van der Waals surface area contributed by atoms with Gasteiger partial charge in [0.2, 0.25) is 5.91 Å². The topological polar surface area (TPSA) is 41.1 Å². The molecule has 2 N–H and O–H groups in total. The van der Waals surface area contributed by atoms with Gasteiger partial charge in [-0.25, -0.2) is 5.43 Å². The molecule has 0 aromatic carbocycles. The Kier molecular flexibility index (Phi) is 1.51. The van der Waals surface area contributed by atoms with Gasteiger partial charge in [-0.2, -0.15) is 0 Å². The van der Waals surface area contributed by atoms with E-state index >= 15 is 0 Å². The summed E-state index contributed by atoms with van der Waals surface area (Å²) in [4.78, 5) is 10.9. The highest BCUT2D eigenvalue weighted by molar-refractivity contribution is 5.77. The smallest absolute Gasteiger partial charge is 0.234 e. The molecule has 2 unspecified atom stereocenters. The Morgan fingerprint density at radius 1 is 1.36 bits per heavy atom. The lowest BCUT2D eigenvalue weighted by molar-refractivity contribution is -0.124. The maximum absolute atomic E-state index is 10.9. The minimum absolute atomic E-state index is 0.0752. The molecule has 1 aliphatic carbocycles. The number of hydrazine groups is 1. The molecule has 1 amide bonds. The van der Waals surface area contributed by atoms with Crippen LogP contribution in [0.5, 0.6) is 0 Å². The van der Waals surface area contributed by atoms with Crippen LogP contribution in [0.2, 0.25) is 0 Å². The predicted octanol–water partition coefficient (Wildman–Crippen LogP) is 0.122. The third kappa shape index (κ3) is 1.19. The lowest BCUT2D eigenvalue weighted by Gasteiger charge is -2.29. The molecule has 1 aliphatic heterocycles. The van der Waals surface area contributed by atoms with Crippen LogP contribution in [-0.2, 0) is 4.79 Å². The summed E-state index contributed by atoms with van der Waals surface area (Å²) in [5, 5.41) is 0. The molecular weight excluding hydrogens is 140 g/mol. The van der Waals surface area contributed by atoms with Crippen LogP contribution in [0, 0.1) is 5.92 Å². The molecule has 11 heavy (non-hydrogen) atoms. The van der Waals surface area contributed by atoms with Crippen molar-refractivity contribution >= 4 is 5.91 Å². The minimum atomic E-state index is 0.0752. The van der Waals surface area contributed by atoms with Crippen molar-refractivity contribution in [2.45, 2.75) is 12.5 Å². The number of hydrogen-bond donors (Lipinski definition) is 2. The number of fused-ring (bicyclic) bond motifs is 1. The van der Waals surface area contributed by atoms with Crippen LogP contribution in [0.25, 0.3) is 0 Å². The summed E-state index contributed by atoms with van der Waals surface area (Å²) in [6, 6.07) is 0.290. The normalized spacial score (nSPS) is 34.7. The summed E-state index contributed by atoms with van der Waals surface area (Å²) in [6.45, 7) is 0. The number of hydrogen-bond acceptors (Lipinski definition) is 2. The number of carbonyl (C=O) groups excluding carboxylic acids is 1. The standard InChI is InChI=1S/C8H10N2O/c11-8-5-6-3-1-2-4-7(6)9-10-8/h1-4,6-7,9H,5H2,(H,10,11). The Balaban J connectivity index is 2.12. The van der Waals surface area contributed by atoms with E-state index < -0.39 is 0 Å². The largest absolute Gasteiger partial charge is 0.291 e. The van der Waals surface area contributed by atoms with E-state index in [9.17, 15) is 4.79 Å². The van der Waals surface area contributed by atoms with Gasteiger partial charge in [-0.1, -0.05) is 24.3 Å². The average molecular weight is 150 g/mol. The van der Waals surface area contributed by atoms with Gasteiger partial charge in [0.1, 0.15) is 0 Å². The van der Waals surface area contributed by atoms with Crippen molar-refractivity contribution in [2.75, 3.05) is 0 Å². The van der Waals surface area contributed by atoms with Crippen molar-refractivity contribution < 1.29 is 4.79 Å². The molecule has 1 heterocycles. The maximum atomic E-state index is 10.9. The highest BCUT2D eigenvalue weighted by Gasteiger charge is 2.25. The van der Waals surface area contributed by atoms with Crippen LogP contribution in [0.3, 0.4) is 0 Å². The fraction of sp³-hybridized carbons (Fsp3) is 0.375. The molecule has 2 rings (SSSR count). The summed E-state index contributed by atoms with van der Waals surface area (Å²) in [7, 11) is 0. The van der Waals surface area contributed by atoms with Crippen LogP contribution in [0.15, 0.2) is 24.3 Å². The summed E-state index contributed by atoms with van der Waals surface area (Å²) in [5.41, 5.74) is 5.54. The van der Waals surface area contributed by atoms with Gasteiger partial charge in [0.25, 0.3) is 0 Å². The molecule has 2 aliphatic rings. The van der Waals surface area contributed by atoms with Gasteiger partial charge in [-0.05, 0) is 0 Å². The van der Waals surface area contributed by atoms with Crippen molar-refractivity contribution in [1.29, 1.82) is 0 Å². The fourth-order valence-electron chi connectivity index (χ4n) is 1.43. The third-order valence-electron chi connectivity index (χ3n) is 2.05. The maximum Gasteiger partial charge on any atom is 0.234 e. The van der Waals surface area contributed by atoms with Gasteiger partial charge in [0.15, 0.2) is 0 Å². The number of allylic oxidation sites excluding steroid dienone is 2. The van der Waals surface area contributed by atoms with Crippen LogP contribution < -0.4 is 10.9 Å². The van der Waals surface area contributed by atoms with E-state index in [1.807, 2.05) is 12.2 Å². The summed E-state index contributed by atoms with van der Waals surface area (Å²) < 4.78 is 0. The van der Waals surface area contributed by atoms with Crippen LogP contribution in [0.1, 0.15) is 6.42 Å². The lowest BCUT2D eigenvalue weighted by atomic mass is 9.91. The van der Waals surface area contributed by atoms with Crippen molar-refractivity contribution in [3.8, 4) is 0 Å². The number of amides is 1. The zero-order valence-electron chi connectivity index (χ0n) is 6.08. The number of carbonyl (C=O) groups is 1. The van der Waals surface area contributed by atoms with E-state index in [0.717, 1.165) is 0 Å². The molecule has 1 saturated heterocycles. The molecule has 0 spiro atoms. The van der Waals surface area contributed by atoms with Crippen molar-refractivity contribution in [2.24, 2.45) is 5.92 Å². The Bertz CT molecular complexity index is 232. The highest BCUT2D eigenvalue weighted by Crippen LogP contribution is 2.18. The number of nitrogens with one attached hydrogen (secondary N) is 2. The first-order valence-electron chi connectivity index (χ1n) is 3.75. The molecule has 0 saturated carbocycles. The Morgan fingerprint density at radius 3 is 3.09 bits per heavy atom. The Hall–Kier alpha value is -1.09. The van der Waals surface area contributed by atoms with Gasteiger partial charge < -0.3 is 0 Å². The molecule has 0 radical (unpaired) electrons. The van der Waals surface area contributed by atoms with E-state index in [4.69, 9.17) is 0 Å². The van der Waals surface area contributed by atoms with Crippen molar-refractivity contribution in [3.63, 3.8) is 0 Å². The van der Waals surface area contributed by atoms with Gasteiger partial charge >= 0.3 is 0 Å². The first-order chi connectivity index (χ1) is 5.36. The van der Waals surface area contributed by atoms with Gasteiger partial charge in [0.05, 0.1) is 6.04 Å². The van der Waals surface area contributed by atoms with E-state index in [2.05, 4.69) is 23.0 Å². The molecule has 58 valence electrons. The van der Waals surface area contributed by atoms with Crippen LogP contribution in [0.4, 0.5) is 0 Å². The first kappa shape index (κ1) is 6.61. The molecule has 2 atom stereocenters.